The Hall–Kier alpha value is -2.47. The Morgan fingerprint density at radius 2 is 2.18 bits per heavy atom. The van der Waals surface area contributed by atoms with Crippen molar-refractivity contribution in [3.63, 3.8) is 0 Å². The summed E-state index contributed by atoms with van der Waals surface area (Å²) >= 11 is 0. The minimum atomic E-state index is -0.361. The second-order valence-electron chi connectivity index (χ2n) is 5.24. The highest BCUT2D eigenvalue weighted by Crippen LogP contribution is 2.27. The summed E-state index contributed by atoms with van der Waals surface area (Å²) in [5.41, 5.74) is 2.65. The van der Waals surface area contributed by atoms with Crippen LogP contribution in [0.1, 0.15) is 24.1 Å². The molecule has 1 aromatic heterocycles. The highest BCUT2D eigenvalue weighted by atomic mass is 16.6. The molecule has 2 rings (SSSR count). The highest BCUT2D eigenvalue weighted by molar-refractivity contribution is 5.62. The average Bonchev–Trinajstić information content (AvgIpc) is 2.54. The number of anilines is 1. The average molecular weight is 300 g/mol. The van der Waals surface area contributed by atoms with E-state index < -0.39 is 0 Å². The summed E-state index contributed by atoms with van der Waals surface area (Å²) < 4.78 is 0. The lowest BCUT2D eigenvalue weighted by Gasteiger charge is -2.24. The van der Waals surface area contributed by atoms with Gasteiger partial charge >= 0.3 is 0 Å². The second-order valence-corrected chi connectivity index (χ2v) is 5.24. The van der Waals surface area contributed by atoms with E-state index in [1.807, 2.05) is 31.4 Å². The first-order chi connectivity index (χ1) is 10.5. The Kier molecular flexibility index (Phi) is 5.06. The van der Waals surface area contributed by atoms with Gasteiger partial charge in [0.2, 0.25) is 0 Å². The number of benzene rings is 1. The van der Waals surface area contributed by atoms with Crippen molar-refractivity contribution in [2.45, 2.75) is 19.5 Å². The van der Waals surface area contributed by atoms with Crippen LogP contribution in [0, 0.1) is 10.1 Å². The number of nitro groups is 1. The maximum atomic E-state index is 11.1. The SMILES string of the molecule is CNc1ccc(CN(C)[C@@H](C)c2cccnc2)cc1[N+](=O)[O-]. The summed E-state index contributed by atoms with van der Waals surface area (Å²) in [4.78, 5) is 17.0. The van der Waals surface area contributed by atoms with E-state index in [2.05, 4.69) is 22.1 Å². The summed E-state index contributed by atoms with van der Waals surface area (Å²) in [5, 5.41) is 14.0. The number of hydrogen-bond acceptors (Lipinski definition) is 5. The lowest BCUT2D eigenvalue weighted by Crippen LogP contribution is -2.22. The van der Waals surface area contributed by atoms with E-state index in [1.165, 1.54) is 0 Å². The fourth-order valence-corrected chi connectivity index (χ4v) is 2.34. The molecule has 1 aromatic carbocycles. The van der Waals surface area contributed by atoms with Crippen LogP contribution in [0.5, 0.6) is 0 Å². The van der Waals surface area contributed by atoms with Gasteiger partial charge in [-0.2, -0.15) is 0 Å². The van der Waals surface area contributed by atoms with Crippen LogP contribution in [0.4, 0.5) is 11.4 Å². The minimum Gasteiger partial charge on any atom is -0.383 e. The molecule has 0 saturated heterocycles. The van der Waals surface area contributed by atoms with Gasteiger partial charge in [-0.15, -0.1) is 0 Å². The van der Waals surface area contributed by atoms with Gasteiger partial charge in [0.25, 0.3) is 5.69 Å². The van der Waals surface area contributed by atoms with Gasteiger partial charge in [0.1, 0.15) is 5.69 Å². The van der Waals surface area contributed by atoms with E-state index in [4.69, 9.17) is 0 Å². The van der Waals surface area contributed by atoms with Crippen LogP contribution in [-0.4, -0.2) is 28.9 Å². The van der Waals surface area contributed by atoms with Crippen LogP contribution >= 0.6 is 0 Å². The molecule has 0 radical (unpaired) electrons. The molecule has 0 aliphatic heterocycles. The number of pyridine rings is 1. The Morgan fingerprint density at radius 3 is 2.77 bits per heavy atom. The van der Waals surface area contributed by atoms with E-state index in [-0.39, 0.29) is 16.7 Å². The molecule has 0 bridgehead atoms. The van der Waals surface area contributed by atoms with Crippen LogP contribution in [0.3, 0.4) is 0 Å². The van der Waals surface area contributed by atoms with E-state index in [0.29, 0.717) is 12.2 Å². The van der Waals surface area contributed by atoms with Crippen LogP contribution in [0.15, 0.2) is 42.7 Å². The Bertz CT molecular complexity index is 646. The molecule has 1 atom stereocenters. The molecule has 22 heavy (non-hydrogen) atoms. The summed E-state index contributed by atoms with van der Waals surface area (Å²) in [6.07, 6.45) is 3.59. The molecule has 0 amide bonds. The molecule has 0 spiro atoms. The molecule has 0 aliphatic rings. The molecule has 1 N–H and O–H groups in total. The predicted molar refractivity (Wildman–Crippen MR) is 86.8 cm³/mol. The quantitative estimate of drug-likeness (QED) is 0.655. The molecule has 0 aliphatic carbocycles. The Balaban J connectivity index is 2.16. The third kappa shape index (κ3) is 3.59. The van der Waals surface area contributed by atoms with Crippen molar-refractivity contribution in [3.05, 3.63) is 64.0 Å². The van der Waals surface area contributed by atoms with Gasteiger partial charge in [0.15, 0.2) is 0 Å². The molecule has 116 valence electrons. The first-order valence-electron chi connectivity index (χ1n) is 7.08. The molecular weight excluding hydrogens is 280 g/mol. The Morgan fingerprint density at radius 1 is 1.41 bits per heavy atom. The fourth-order valence-electron chi connectivity index (χ4n) is 2.34. The van der Waals surface area contributed by atoms with Gasteiger partial charge in [-0.1, -0.05) is 12.1 Å². The molecule has 6 nitrogen and oxygen atoms in total. The van der Waals surface area contributed by atoms with Crippen molar-refractivity contribution in [2.24, 2.45) is 0 Å². The van der Waals surface area contributed by atoms with Crippen LogP contribution in [-0.2, 0) is 6.54 Å². The minimum absolute atomic E-state index is 0.0995. The monoisotopic (exact) mass is 300 g/mol. The summed E-state index contributed by atoms with van der Waals surface area (Å²) in [5.74, 6) is 0. The van der Waals surface area contributed by atoms with Gasteiger partial charge < -0.3 is 5.32 Å². The van der Waals surface area contributed by atoms with Gasteiger partial charge in [0.05, 0.1) is 4.92 Å². The first-order valence-corrected chi connectivity index (χ1v) is 7.08. The molecule has 2 aromatic rings. The standard InChI is InChI=1S/C16H20N4O2/c1-12(14-5-4-8-18-10-14)19(3)11-13-6-7-15(17-2)16(9-13)20(21)22/h4-10,12,17H,11H2,1-3H3/t12-/m0/s1. The van der Waals surface area contributed by atoms with Crippen molar-refractivity contribution in [3.8, 4) is 0 Å². The van der Waals surface area contributed by atoms with E-state index in [0.717, 1.165) is 11.1 Å². The van der Waals surface area contributed by atoms with Gasteiger partial charge in [-0.3, -0.25) is 20.0 Å². The zero-order valence-corrected chi connectivity index (χ0v) is 13.0. The van der Waals surface area contributed by atoms with Crippen molar-refractivity contribution >= 4 is 11.4 Å². The number of nitro benzene ring substituents is 1. The Labute approximate surface area is 129 Å². The fraction of sp³-hybridized carbons (Fsp3) is 0.312. The lowest BCUT2D eigenvalue weighted by atomic mass is 10.1. The maximum absolute atomic E-state index is 11.1. The largest absolute Gasteiger partial charge is 0.383 e. The number of aromatic nitrogens is 1. The predicted octanol–water partition coefficient (Wildman–Crippen LogP) is 3.22. The van der Waals surface area contributed by atoms with Crippen molar-refractivity contribution in [1.29, 1.82) is 0 Å². The van der Waals surface area contributed by atoms with Crippen LogP contribution < -0.4 is 5.32 Å². The first kappa shape index (κ1) is 15.9. The smallest absolute Gasteiger partial charge is 0.292 e. The van der Waals surface area contributed by atoms with E-state index in [9.17, 15) is 10.1 Å². The summed E-state index contributed by atoms with van der Waals surface area (Å²) in [7, 11) is 3.67. The van der Waals surface area contributed by atoms with E-state index >= 15 is 0 Å². The third-order valence-corrected chi connectivity index (χ3v) is 3.79. The molecule has 1 heterocycles. The molecule has 0 unspecified atom stereocenters. The second kappa shape index (κ2) is 7.00. The normalized spacial score (nSPS) is 12.2. The number of nitrogens with zero attached hydrogens (tertiary/aromatic N) is 3. The van der Waals surface area contributed by atoms with Gasteiger partial charge in [-0.05, 0) is 37.2 Å². The zero-order chi connectivity index (χ0) is 16.1. The molecule has 0 fully saturated rings. The molecule has 6 heteroatoms. The lowest BCUT2D eigenvalue weighted by molar-refractivity contribution is -0.384. The van der Waals surface area contributed by atoms with E-state index in [1.54, 1.807) is 25.4 Å². The third-order valence-electron chi connectivity index (χ3n) is 3.79. The van der Waals surface area contributed by atoms with Gasteiger partial charge in [0, 0.05) is 38.1 Å². The van der Waals surface area contributed by atoms with Gasteiger partial charge in [-0.25, -0.2) is 0 Å². The van der Waals surface area contributed by atoms with Crippen LogP contribution in [0.25, 0.3) is 0 Å². The highest BCUT2D eigenvalue weighted by Gasteiger charge is 2.16. The number of rotatable bonds is 6. The van der Waals surface area contributed by atoms with Crippen LogP contribution in [0.2, 0.25) is 0 Å². The summed E-state index contributed by atoms with van der Waals surface area (Å²) in [6.45, 7) is 2.72. The molecular formula is C16H20N4O2. The maximum Gasteiger partial charge on any atom is 0.292 e. The van der Waals surface area contributed by atoms with Crippen molar-refractivity contribution in [2.75, 3.05) is 19.4 Å². The molecule has 0 saturated carbocycles. The van der Waals surface area contributed by atoms with Crippen molar-refractivity contribution in [1.82, 2.24) is 9.88 Å². The zero-order valence-electron chi connectivity index (χ0n) is 13.0. The van der Waals surface area contributed by atoms with Crippen molar-refractivity contribution < 1.29 is 4.92 Å². The number of nitrogens with one attached hydrogen (secondary N) is 1. The summed E-state index contributed by atoms with van der Waals surface area (Å²) in [6, 6.07) is 9.39. The topological polar surface area (TPSA) is 71.3 Å². The number of hydrogen-bond donors (Lipinski definition) is 1.